The number of carbonyl (C=O) groups is 1. The summed E-state index contributed by atoms with van der Waals surface area (Å²) >= 11 is 0. The van der Waals surface area contributed by atoms with Crippen molar-refractivity contribution in [3.8, 4) is 0 Å². The highest BCUT2D eigenvalue weighted by Crippen LogP contribution is 2.32. The van der Waals surface area contributed by atoms with E-state index in [2.05, 4.69) is 0 Å². The molecule has 4 N–H and O–H groups in total. The van der Waals surface area contributed by atoms with E-state index in [4.69, 9.17) is 19.3 Å². The van der Waals surface area contributed by atoms with Crippen molar-refractivity contribution in [1.82, 2.24) is 0 Å². The van der Waals surface area contributed by atoms with Crippen molar-refractivity contribution in [2.45, 2.75) is 43.4 Å². The molecule has 0 saturated carbocycles. The van der Waals surface area contributed by atoms with E-state index in [0.717, 1.165) is 0 Å². The molecule has 0 unspecified atom stereocenters. The number of carboxylic acid groups (broad SMARTS) is 1. The van der Waals surface area contributed by atoms with Gasteiger partial charge in [0.05, 0.1) is 6.61 Å². The molecule has 0 radical (unpaired) electrons. The Morgan fingerprint density at radius 1 is 1.29 bits per heavy atom. The lowest BCUT2D eigenvalue weighted by Gasteiger charge is -2.47. The van der Waals surface area contributed by atoms with Crippen molar-refractivity contribution >= 4 is 5.97 Å². The molecule has 17 heavy (non-hydrogen) atoms. The van der Waals surface area contributed by atoms with Crippen LogP contribution in [0.4, 0.5) is 0 Å². The predicted molar refractivity (Wildman–Crippen MR) is 49.8 cm³/mol. The summed E-state index contributed by atoms with van der Waals surface area (Å²) in [5, 5.41) is 37.3. The summed E-state index contributed by atoms with van der Waals surface area (Å²) in [6.07, 6.45) is -6.43. The zero-order chi connectivity index (χ0) is 12.8. The third kappa shape index (κ3) is 2.03. The number of hydrogen-bond donors (Lipinski definition) is 4. The molecule has 0 aliphatic carbocycles. The summed E-state index contributed by atoms with van der Waals surface area (Å²) in [4.78, 5) is 10.9. The fraction of sp³-hybridized carbons (Fsp3) is 0.889. The molecule has 2 aliphatic heterocycles. The lowest BCUT2D eigenvalue weighted by atomic mass is 9.97. The summed E-state index contributed by atoms with van der Waals surface area (Å²) in [6.45, 7) is 1.03. The summed E-state index contributed by atoms with van der Waals surface area (Å²) in [5.41, 5.74) is 0. The first-order chi connectivity index (χ1) is 7.85. The summed E-state index contributed by atoms with van der Waals surface area (Å²) in [5.74, 6) is -3.24. The topological polar surface area (TPSA) is 126 Å². The SMILES string of the molecule is C[C@]1(C(=O)O)OC[C@H]2O[C@@H](O)[C@@H](O)[C@@H](O)[C@@H]2O1. The van der Waals surface area contributed by atoms with Crippen LogP contribution < -0.4 is 0 Å². The number of ether oxygens (including phenoxy) is 3. The maximum absolute atomic E-state index is 10.9. The number of fused-ring (bicyclic) bond motifs is 1. The maximum Gasteiger partial charge on any atom is 0.364 e. The Hall–Kier alpha value is -0.770. The zero-order valence-corrected chi connectivity index (χ0v) is 9.02. The van der Waals surface area contributed by atoms with E-state index in [9.17, 15) is 20.1 Å². The highest BCUT2D eigenvalue weighted by Gasteiger charge is 2.53. The number of aliphatic hydroxyl groups is 3. The first kappa shape index (κ1) is 12.7. The van der Waals surface area contributed by atoms with Crippen LogP contribution in [0.5, 0.6) is 0 Å². The van der Waals surface area contributed by atoms with Gasteiger partial charge in [0.15, 0.2) is 6.29 Å². The Bertz CT molecular complexity index is 318. The molecular formula is C9H14O8. The van der Waals surface area contributed by atoms with Gasteiger partial charge in [-0.2, -0.15) is 0 Å². The molecule has 0 aromatic carbocycles. The smallest absolute Gasteiger partial charge is 0.364 e. The summed E-state index contributed by atoms with van der Waals surface area (Å²) in [7, 11) is 0. The molecule has 8 heteroatoms. The quantitative estimate of drug-likeness (QED) is 0.407. The molecule has 2 saturated heterocycles. The second-order valence-corrected chi connectivity index (χ2v) is 4.19. The van der Waals surface area contributed by atoms with Crippen LogP contribution in [0.2, 0.25) is 0 Å². The Kier molecular flexibility index (Phi) is 3.10. The fourth-order valence-electron chi connectivity index (χ4n) is 1.85. The molecule has 2 fully saturated rings. The molecule has 0 aromatic rings. The van der Waals surface area contributed by atoms with E-state index < -0.39 is 42.5 Å². The molecule has 98 valence electrons. The van der Waals surface area contributed by atoms with Gasteiger partial charge in [0.2, 0.25) is 0 Å². The van der Waals surface area contributed by atoms with Crippen molar-refractivity contribution < 1.29 is 39.4 Å². The maximum atomic E-state index is 10.9. The van der Waals surface area contributed by atoms with Crippen molar-refractivity contribution in [3.63, 3.8) is 0 Å². The van der Waals surface area contributed by atoms with Gasteiger partial charge in [-0.15, -0.1) is 0 Å². The first-order valence-electron chi connectivity index (χ1n) is 5.10. The van der Waals surface area contributed by atoms with Gasteiger partial charge < -0.3 is 34.6 Å². The van der Waals surface area contributed by atoms with Gasteiger partial charge in [-0.05, 0) is 0 Å². The molecule has 8 nitrogen and oxygen atoms in total. The van der Waals surface area contributed by atoms with Crippen molar-refractivity contribution in [3.05, 3.63) is 0 Å². The number of carboxylic acids is 1. The minimum atomic E-state index is -1.90. The van der Waals surface area contributed by atoms with Crippen LogP contribution >= 0.6 is 0 Å². The van der Waals surface area contributed by atoms with Crippen molar-refractivity contribution in [2.24, 2.45) is 0 Å². The Balaban J connectivity index is 2.16. The molecule has 6 atom stereocenters. The van der Waals surface area contributed by atoms with E-state index in [1.54, 1.807) is 0 Å². The minimum Gasteiger partial charge on any atom is -0.477 e. The van der Waals surface area contributed by atoms with Crippen molar-refractivity contribution in [2.75, 3.05) is 6.61 Å². The molecule has 0 aromatic heterocycles. The van der Waals surface area contributed by atoms with Gasteiger partial charge >= 0.3 is 5.97 Å². The number of hydrogen-bond acceptors (Lipinski definition) is 7. The Morgan fingerprint density at radius 3 is 2.53 bits per heavy atom. The lowest BCUT2D eigenvalue weighted by Crippen LogP contribution is -2.66. The van der Waals surface area contributed by atoms with Crippen LogP contribution in [-0.2, 0) is 19.0 Å². The Labute approximate surface area is 96.3 Å². The van der Waals surface area contributed by atoms with E-state index in [1.165, 1.54) is 6.92 Å². The van der Waals surface area contributed by atoms with E-state index >= 15 is 0 Å². The summed E-state index contributed by atoms with van der Waals surface area (Å²) in [6, 6.07) is 0. The highest BCUT2D eigenvalue weighted by molar-refractivity contribution is 5.75. The fourth-order valence-corrected chi connectivity index (χ4v) is 1.85. The molecular weight excluding hydrogens is 236 g/mol. The van der Waals surface area contributed by atoms with Crippen LogP contribution in [0, 0.1) is 0 Å². The van der Waals surface area contributed by atoms with E-state index in [1.807, 2.05) is 0 Å². The highest BCUT2D eigenvalue weighted by atomic mass is 16.8. The van der Waals surface area contributed by atoms with Gasteiger partial charge in [-0.25, -0.2) is 4.79 Å². The molecule has 2 aliphatic rings. The largest absolute Gasteiger partial charge is 0.477 e. The average molecular weight is 250 g/mol. The second kappa shape index (κ2) is 4.16. The van der Waals surface area contributed by atoms with Crippen LogP contribution in [0.3, 0.4) is 0 Å². The van der Waals surface area contributed by atoms with Crippen molar-refractivity contribution in [1.29, 1.82) is 0 Å². The number of aliphatic carboxylic acids is 1. The van der Waals surface area contributed by atoms with E-state index in [0.29, 0.717) is 0 Å². The molecule has 2 rings (SSSR count). The van der Waals surface area contributed by atoms with Gasteiger partial charge in [-0.3, -0.25) is 0 Å². The summed E-state index contributed by atoms with van der Waals surface area (Å²) < 4.78 is 15.0. The van der Waals surface area contributed by atoms with Crippen LogP contribution in [0.1, 0.15) is 6.92 Å². The monoisotopic (exact) mass is 250 g/mol. The molecule has 0 bridgehead atoms. The Morgan fingerprint density at radius 2 is 1.94 bits per heavy atom. The molecule has 0 amide bonds. The first-order valence-corrected chi connectivity index (χ1v) is 5.10. The lowest BCUT2D eigenvalue weighted by molar-refractivity contribution is -0.373. The predicted octanol–water partition coefficient (Wildman–Crippen LogP) is -2.36. The van der Waals surface area contributed by atoms with Gasteiger partial charge in [0.25, 0.3) is 5.79 Å². The minimum absolute atomic E-state index is 0.158. The molecule has 0 spiro atoms. The number of aliphatic hydroxyl groups excluding tert-OH is 3. The average Bonchev–Trinajstić information content (AvgIpc) is 2.27. The molecule has 2 heterocycles. The van der Waals surface area contributed by atoms with Gasteiger partial charge in [-0.1, -0.05) is 0 Å². The standard InChI is InChI=1S/C9H14O8/c1-9(8(13)14)15-2-3-6(17-9)4(10)5(11)7(12)16-3/h3-7,10-12H,2H2,1H3,(H,13,14)/t3-,4-,5+,6-,7-,9+/m1/s1. The van der Waals surface area contributed by atoms with Gasteiger partial charge in [0, 0.05) is 6.92 Å². The zero-order valence-electron chi connectivity index (χ0n) is 9.02. The van der Waals surface area contributed by atoms with Crippen LogP contribution in [0.15, 0.2) is 0 Å². The van der Waals surface area contributed by atoms with Gasteiger partial charge in [0.1, 0.15) is 24.4 Å². The van der Waals surface area contributed by atoms with Crippen LogP contribution in [-0.4, -0.2) is 69.5 Å². The third-order valence-corrected chi connectivity index (χ3v) is 2.93. The van der Waals surface area contributed by atoms with E-state index in [-0.39, 0.29) is 6.61 Å². The second-order valence-electron chi connectivity index (χ2n) is 4.19. The van der Waals surface area contributed by atoms with Crippen LogP contribution in [0.25, 0.3) is 0 Å². The third-order valence-electron chi connectivity index (χ3n) is 2.93. The number of rotatable bonds is 1. The normalized spacial score (nSPS) is 50.7.